The van der Waals surface area contributed by atoms with E-state index < -0.39 is 0 Å². The monoisotopic (exact) mass is 302 g/mol. The van der Waals surface area contributed by atoms with E-state index in [9.17, 15) is 0 Å². The van der Waals surface area contributed by atoms with Gasteiger partial charge in [-0.3, -0.25) is 0 Å². The SMILES string of the molecule is CCc1ccsc1C(Cl)c1cnn(-c2ccccc2)c1. The van der Waals surface area contributed by atoms with Gasteiger partial charge in [0, 0.05) is 16.6 Å². The number of halogens is 1. The number of nitrogens with zero attached hydrogens (tertiary/aromatic N) is 2. The van der Waals surface area contributed by atoms with Crippen molar-refractivity contribution in [2.24, 2.45) is 0 Å². The molecule has 1 unspecified atom stereocenters. The summed E-state index contributed by atoms with van der Waals surface area (Å²) in [6.45, 7) is 2.16. The number of rotatable bonds is 4. The van der Waals surface area contributed by atoms with Crippen molar-refractivity contribution in [1.82, 2.24) is 9.78 Å². The summed E-state index contributed by atoms with van der Waals surface area (Å²) in [5.74, 6) is 0. The molecule has 2 nitrogen and oxygen atoms in total. The molecule has 0 amide bonds. The number of para-hydroxylation sites is 1. The molecule has 1 aromatic carbocycles. The Kier molecular flexibility index (Phi) is 3.90. The van der Waals surface area contributed by atoms with Gasteiger partial charge in [0.05, 0.1) is 17.3 Å². The van der Waals surface area contributed by atoms with Crippen LogP contribution in [0.1, 0.15) is 28.3 Å². The zero-order valence-corrected chi connectivity index (χ0v) is 12.7. The Hall–Kier alpha value is -1.58. The Morgan fingerprint density at radius 1 is 1.25 bits per heavy atom. The number of aryl methyl sites for hydroxylation is 1. The third-order valence-corrected chi connectivity index (χ3v) is 4.93. The second-order valence-electron chi connectivity index (χ2n) is 4.58. The Morgan fingerprint density at radius 2 is 2.05 bits per heavy atom. The molecule has 0 radical (unpaired) electrons. The summed E-state index contributed by atoms with van der Waals surface area (Å²) in [6.07, 6.45) is 4.87. The van der Waals surface area contributed by atoms with Crippen LogP contribution in [0.2, 0.25) is 0 Å². The van der Waals surface area contributed by atoms with Crippen molar-refractivity contribution in [2.45, 2.75) is 18.7 Å². The molecular weight excluding hydrogens is 288 g/mol. The second kappa shape index (κ2) is 5.81. The van der Waals surface area contributed by atoms with Crippen molar-refractivity contribution < 1.29 is 0 Å². The van der Waals surface area contributed by atoms with Crippen LogP contribution in [-0.2, 0) is 6.42 Å². The highest BCUT2D eigenvalue weighted by atomic mass is 35.5. The van der Waals surface area contributed by atoms with Crippen LogP contribution in [-0.4, -0.2) is 9.78 Å². The average Bonchev–Trinajstić information content (AvgIpc) is 3.16. The number of benzene rings is 1. The summed E-state index contributed by atoms with van der Waals surface area (Å²) < 4.78 is 1.87. The lowest BCUT2D eigenvalue weighted by molar-refractivity contribution is 0.880. The maximum Gasteiger partial charge on any atom is 0.0960 e. The lowest BCUT2D eigenvalue weighted by Crippen LogP contribution is -1.94. The van der Waals surface area contributed by atoms with E-state index in [4.69, 9.17) is 11.6 Å². The second-order valence-corrected chi connectivity index (χ2v) is 5.96. The average molecular weight is 303 g/mol. The maximum absolute atomic E-state index is 6.61. The van der Waals surface area contributed by atoms with Gasteiger partial charge >= 0.3 is 0 Å². The Labute approximate surface area is 127 Å². The molecule has 0 N–H and O–H groups in total. The first kappa shape index (κ1) is 13.4. The Balaban J connectivity index is 1.91. The van der Waals surface area contributed by atoms with Gasteiger partial charge in [0.25, 0.3) is 0 Å². The van der Waals surface area contributed by atoms with E-state index >= 15 is 0 Å². The molecule has 2 heterocycles. The fourth-order valence-corrected chi connectivity index (χ4v) is 3.61. The van der Waals surface area contributed by atoms with Gasteiger partial charge in [0.15, 0.2) is 0 Å². The third kappa shape index (κ3) is 2.51. The quantitative estimate of drug-likeness (QED) is 0.632. The highest BCUT2D eigenvalue weighted by molar-refractivity contribution is 7.10. The molecule has 102 valence electrons. The highest BCUT2D eigenvalue weighted by Gasteiger charge is 2.17. The van der Waals surface area contributed by atoms with E-state index in [1.807, 2.05) is 47.4 Å². The lowest BCUT2D eigenvalue weighted by atomic mass is 10.1. The normalized spacial score (nSPS) is 12.5. The standard InChI is InChI=1S/C16H15ClN2S/c1-2-12-8-9-20-16(12)15(17)13-10-18-19(11-13)14-6-4-3-5-7-14/h3-11,15H,2H2,1H3. The van der Waals surface area contributed by atoms with Gasteiger partial charge < -0.3 is 0 Å². The molecule has 2 aromatic heterocycles. The molecule has 0 aliphatic heterocycles. The van der Waals surface area contributed by atoms with E-state index in [0.29, 0.717) is 0 Å². The molecule has 0 fully saturated rings. The van der Waals surface area contributed by atoms with Gasteiger partial charge in [-0.2, -0.15) is 5.10 Å². The van der Waals surface area contributed by atoms with E-state index in [0.717, 1.165) is 17.7 Å². The summed E-state index contributed by atoms with van der Waals surface area (Å²) in [5, 5.41) is 6.39. The van der Waals surface area contributed by atoms with Crippen molar-refractivity contribution in [1.29, 1.82) is 0 Å². The molecule has 3 rings (SSSR count). The fraction of sp³-hybridized carbons (Fsp3) is 0.188. The minimum Gasteiger partial charge on any atom is -0.241 e. The maximum atomic E-state index is 6.61. The predicted molar refractivity (Wildman–Crippen MR) is 85.0 cm³/mol. The summed E-state index contributed by atoms with van der Waals surface area (Å²) in [4.78, 5) is 1.22. The molecule has 0 saturated carbocycles. The smallest absolute Gasteiger partial charge is 0.0960 e. The van der Waals surface area contributed by atoms with Gasteiger partial charge in [0.2, 0.25) is 0 Å². The zero-order chi connectivity index (χ0) is 13.9. The van der Waals surface area contributed by atoms with Crippen molar-refractivity contribution in [3.63, 3.8) is 0 Å². The number of alkyl halides is 1. The van der Waals surface area contributed by atoms with Crippen LogP contribution in [0.5, 0.6) is 0 Å². The third-order valence-electron chi connectivity index (χ3n) is 3.31. The molecule has 0 aliphatic rings. The van der Waals surface area contributed by atoms with Gasteiger partial charge in [0.1, 0.15) is 0 Å². The van der Waals surface area contributed by atoms with Crippen LogP contribution in [0.15, 0.2) is 54.2 Å². The lowest BCUT2D eigenvalue weighted by Gasteiger charge is -2.07. The first-order valence-electron chi connectivity index (χ1n) is 6.60. The van der Waals surface area contributed by atoms with Crippen LogP contribution >= 0.6 is 22.9 Å². The molecule has 0 saturated heterocycles. The molecule has 4 heteroatoms. The largest absolute Gasteiger partial charge is 0.241 e. The number of hydrogen-bond acceptors (Lipinski definition) is 2. The minimum absolute atomic E-state index is 0.123. The molecule has 1 atom stereocenters. The van der Waals surface area contributed by atoms with Gasteiger partial charge in [-0.1, -0.05) is 25.1 Å². The van der Waals surface area contributed by atoms with Crippen molar-refractivity contribution >= 4 is 22.9 Å². The molecule has 0 spiro atoms. The predicted octanol–water partition coefficient (Wildman–Crippen LogP) is 4.82. The number of thiophene rings is 1. The van der Waals surface area contributed by atoms with E-state index in [2.05, 4.69) is 23.5 Å². The number of aromatic nitrogens is 2. The van der Waals surface area contributed by atoms with Gasteiger partial charge in [-0.05, 0) is 35.6 Å². The van der Waals surface area contributed by atoms with E-state index in [1.54, 1.807) is 11.3 Å². The molecule has 0 aliphatic carbocycles. The van der Waals surface area contributed by atoms with Crippen molar-refractivity contribution in [3.05, 3.63) is 70.2 Å². The number of hydrogen-bond donors (Lipinski definition) is 0. The fourth-order valence-electron chi connectivity index (χ4n) is 2.20. The van der Waals surface area contributed by atoms with E-state index in [1.165, 1.54) is 10.4 Å². The minimum atomic E-state index is -0.123. The van der Waals surface area contributed by atoms with E-state index in [-0.39, 0.29) is 5.38 Å². The van der Waals surface area contributed by atoms with Crippen LogP contribution < -0.4 is 0 Å². The van der Waals surface area contributed by atoms with Crippen LogP contribution in [0, 0.1) is 0 Å². The topological polar surface area (TPSA) is 17.8 Å². The summed E-state index contributed by atoms with van der Waals surface area (Å²) in [6, 6.07) is 12.2. The summed E-state index contributed by atoms with van der Waals surface area (Å²) >= 11 is 8.33. The summed E-state index contributed by atoms with van der Waals surface area (Å²) in [7, 11) is 0. The summed E-state index contributed by atoms with van der Waals surface area (Å²) in [5.41, 5.74) is 3.40. The molecule has 20 heavy (non-hydrogen) atoms. The van der Waals surface area contributed by atoms with Crippen LogP contribution in [0.4, 0.5) is 0 Å². The highest BCUT2D eigenvalue weighted by Crippen LogP contribution is 2.35. The Morgan fingerprint density at radius 3 is 2.80 bits per heavy atom. The van der Waals surface area contributed by atoms with Crippen molar-refractivity contribution in [2.75, 3.05) is 0 Å². The molecule has 3 aromatic rings. The Bertz CT molecular complexity index is 687. The first-order valence-corrected chi connectivity index (χ1v) is 7.91. The first-order chi connectivity index (χ1) is 9.79. The van der Waals surface area contributed by atoms with Crippen molar-refractivity contribution in [3.8, 4) is 5.69 Å². The molecular formula is C16H15ClN2S. The zero-order valence-electron chi connectivity index (χ0n) is 11.2. The van der Waals surface area contributed by atoms with Crippen LogP contribution in [0.3, 0.4) is 0 Å². The van der Waals surface area contributed by atoms with Gasteiger partial charge in [-0.15, -0.1) is 22.9 Å². The molecule has 0 bridgehead atoms. The van der Waals surface area contributed by atoms with Crippen LogP contribution in [0.25, 0.3) is 5.69 Å². The van der Waals surface area contributed by atoms with Gasteiger partial charge in [-0.25, -0.2) is 4.68 Å².